The molecule has 0 amide bonds. The van der Waals surface area contributed by atoms with E-state index in [9.17, 15) is 0 Å². The van der Waals surface area contributed by atoms with Crippen LogP contribution < -0.4 is 5.32 Å². The average Bonchev–Trinajstić information content (AvgIpc) is 2.65. The maximum Gasteiger partial charge on any atom is 0.0410 e. The molecule has 2 aliphatic rings. The molecule has 0 fully saturated rings. The van der Waals surface area contributed by atoms with Crippen LogP contribution in [0.2, 0.25) is 5.02 Å². The summed E-state index contributed by atoms with van der Waals surface area (Å²) in [5.74, 6) is 1.32. The van der Waals surface area contributed by atoms with E-state index >= 15 is 0 Å². The van der Waals surface area contributed by atoms with Crippen molar-refractivity contribution in [3.05, 3.63) is 40.9 Å². The molecule has 1 aromatic rings. The van der Waals surface area contributed by atoms with Crippen LogP contribution in [0.5, 0.6) is 0 Å². The summed E-state index contributed by atoms with van der Waals surface area (Å²) in [4.78, 5) is 0. The van der Waals surface area contributed by atoms with Crippen LogP contribution in [0.1, 0.15) is 17.9 Å². The Kier molecular flexibility index (Phi) is 1.81. The fourth-order valence-electron chi connectivity index (χ4n) is 2.48. The van der Waals surface area contributed by atoms with Gasteiger partial charge < -0.3 is 5.32 Å². The molecule has 1 aromatic carbocycles. The summed E-state index contributed by atoms with van der Waals surface area (Å²) >= 11 is 6.02. The fraction of sp³-hybridized carbons (Fsp3) is 0.333. The number of hydrogen-bond donors (Lipinski definition) is 1. The molecular formula is C12H12ClN. The lowest BCUT2D eigenvalue weighted by atomic mass is 9.85. The SMILES string of the molecule is Clc1ccc2c(c1)C1C=CCC1CN2. The highest BCUT2D eigenvalue weighted by Crippen LogP contribution is 2.42. The third-order valence-corrected chi connectivity index (χ3v) is 3.45. The minimum Gasteiger partial charge on any atom is -0.384 e. The minimum absolute atomic E-state index is 0.588. The van der Waals surface area contributed by atoms with E-state index in [-0.39, 0.29) is 0 Å². The molecular weight excluding hydrogens is 194 g/mol. The van der Waals surface area contributed by atoms with Crippen LogP contribution >= 0.6 is 11.6 Å². The van der Waals surface area contributed by atoms with Crippen LogP contribution in [-0.2, 0) is 0 Å². The van der Waals surface area contributed by atoms with Gasteiger partial charge in [-0.3, -0.25) is 0 Å². The van der Waals surface area contributed by atoms with Gasteiger partial charge in [-0.25, -0.2) is 0 Å². The van der Waals surface area contributed by atoms with E-state index in [1.54, 1.807) is 0 Å². The molecule has 0 aromatic heterocycles. The van der Waals surface area contributed by atoms with E-state index in [0.717, 1.165) is 17.5 Å². The summed E-state index contributed by atoms with van der Waals surface area (Å²) in [6, 6.07) is 6.13. The summed E-state index contributed by atoms with van der Waals surface area (Å²) in [7, 11) is 0. The molecule has 0 saturated carbocycles. The zero-order chi connectivity index (χ0) is 9.54. The Balaban J connectivity index is 2.11. The van der Waals surface area contributed by atoms with Gasteiger partial charge in [0.1, 0.15) is 0 Å². The first kappa shape index (κ1) is 8.37. The molecule has 3 rings (SSSR count). The second-order valence-electron chi connectivity index (χ2n) is 4.06. The predicted octanol–water partition coefficient (Wildman–Crippen LogP) is 3.43. The average molecular weight is 206 g/mol. The van der Waals surface area contributed by atoms with E-state index < -0.39 is 0 Å². The first-order chi connectivity index (χ1) is 6.84. The van der Waals surface area contributed by atoms with Crippen LogP contribution in [0.25, 0.3) is 0 Å². The second kappa shape index (κ2) is 3.03. The summed E-state index contributed by atoms with van der Waals surface area (Å²) in [5.41, 5.74) is 2.62. The van der Waals surface area contributed by atoms with E-state index in [1.807, 2.05) is 6.07 Å². The molecule has 1 nitrogen and oxygen atoms in total. The second-order valence-corrected chi connectivity index (χ2v) is 4.50. The summed E-state index contributed by atoms with van der Waals surface area (Å²) in [6.45, 7) is 1.09. The molecule has 1 aliphatic carbocycles. The lowest BCUT2D eigenvalue weighted by molar-refractivity contribution is 0.523. The number of allylic oxidation sites excluding steroid dienone is 2. The van der Waals surface area contributed by atoms with Gasteiger partial charge in [-0.05, 0) is 36.1 Å². The quantitative estimate of drug-likeness (QED) is 0.640. The Labute approximate surface area is 88.8 Å². The highest BCUT2D eigenvalue weighted by Gasteiger charge is 2.29. The van der Waals surface area contributed by atoms with E-state index in [1.165, 1.54) is 17.7 Å². The predicted molar refractivity (Wildman–Crippen MR) is 59.9 cm³/mol. The van der Waals surface area contributed by atoms with Crippen molar-refractivity contribution < 1.29 is 0 Å². The molecule has 14 heavy (non-hydrogen) atoms. The zero-order valence-corrected chi connectivity index (χ0v) is 8.59. The molecule has 1 aliphatic heterocycles. The van der Waals surface area contributed by atoms with Gasteiger partial charge >= 0.3 is 0 Å². The Morgan fingerprint density at radius 1 is 1.36 bits per heavy atom. The first-order valence-corrected chi connectivity index (χ1v) is 5.42. The zero-order valence-electron chi connectivity index (χ0n) is 7.83. The Bertz CT molecular complexity index is 397. The number of benzene rings is 1. The largest absolute Gasteiger partial charge is 0.384 e. The van der Waals surface area contributed by atoms with Gasteiger partial charge in [0, 0.05) is 23.2 Å². The van der Waals surface area contributed by atoms with Crippen molar-refractivity contribution in [2.45, 2.75) is 12.3 Å². The third-order valence-electron chi connectivity index (χ3n) is 3.22. The monoisotopic (exact) mass is 205 g/mol. The molecule has 1 N–H and O–H groups in total. The number of rotatable bonds is 0. The number of halogens is 1. The number of anilines is 1. The molecule has 72 valence electrons. The van der Waals surface area contributed by atoms with Gasteiger partial charge in [0.2, 0.25) is 0 Å². The van der Waals surface area contributed by atoms with Crippen LogP contribution in [0.3, 0.4) is 0 Å². The Hall–Kier alpha value is -0.950. The van der Waals surface area contributed by atoms with Crippen LogP contribution in [0.15, 0.2) is 30.4 Å². The minimum atomic E-state index is 0.588. The van der Waals surface area contributed by atoms with Gasteiger partial charge in [0.15, 0.2) is 0 Å². The van der Waals surface area contributed by atoms with Crippen molar-refractivity contribution in [3.63, 3.8) is 0 Å². The van der Waals surface area contributed by atoms with Gasteiger partial charge in [-0.2, -0.15) is 0 Å². The molecule has 0 saturated heterocycles. The molecule has 2 unspecified atom stereocenters. The number of hydrogen-bond acceptors (Lipinski definition) is 1. The van der Waals surface area contributed by atoms with Gasteiger partial charge in [0.05, 0.1) is 0 Å². The topological polar surface area (TPSA) is 12.0 Å². The first-order valence-electron chi connectivity index (χ1n) is 5.04. The lowest BCUT2D eigenvalue weighted by Crippen LogP contribution is -2.24. The molecule has 2 atom stereocenters. The van der Waals surface area contributed by atoms with Crippen molar-refractivity contribution in [2.24, 2.45) is 5.92 Å². The molecule has 2 heteroatoms. The Morgan fingerprint density at radius 2 is 2.29 bits per heavy atom. The van der Waals surface area contributed by atoms with Crippen LogP contribution in [0, 0.1) is 5.92 Å². The Morgan fingerprint density at radius 3 is 3.21 bits per heavy atom. The summed E-state index contributed by atoms with van der Waals surface area (Å²) < 4.78 is 0. The summed E-state index contributed by atoms with van der Waals surface area (Å²) in [6.07, 6.45) is 5.80. The third kappa shape index (κ3) is 1.16. The van der Waals surface area contributed by atoms with E-state index in [0.29, 0.717) is 5.92 Å². The fourth-order valence-corrected chi connectivity index (χ4v) is 2.66. The van der Waals surface area contributed by atoms with Gasteiger partial charge in [-0.15, -0.1) is 0 Å². The molecule has 0 spiro atoms. The van der Waals surface area contributed by atoms with E-state index in [4.69, 9.17) is 11.6 Å². The maximum atomic E-state index is 6.02. The molecule has 0 bridgehead atoms. The highest BCUT2D eigenvalue weighted by atomic mass is 35.5. The number of fused-ring (bicyclic) bond motifs is 3. The summed E-state index contributed by atoms with van der Waals surface area (Å²) in [5, 5.41) is 4.30. The molecule has 0 radical (unpaired) electrons. The maximum absolute atomic E-state index is 6.02. The standard InChI is InChI=1S/C12H12ClN/c13-9-4-5-12-11(6-9)10-3-1-2-8(10)7-14-12/h1,3-6,8,10,14H,2,7H2. The smallest absolute Gasteiger partial charge is 0.0410 e. The molecule has 1 heterocycles. The van der Waals surface area contributed by atoms with E-state index in [2.05, 4.69) is 29.6 Å². The number of nitrogens with one attached hydrogen (secondary N) is 1. The van der Waals surface area contributed by atoms with Crippen molar-refractivity contribution in [2.75, 3.05) is 11.9 Å². The van der Waals surface area contributed by atoms with Crippen molar-refractivity contribution in [3.8, 4) is 0 Å². The lowest BCUT2D eigenvalue weighted by Gasteiger charge is -2.29. The van der Waals surface area contributed by atoms with Gasteiger partial charge in [-0.1, -0.05) is 23.8 Å². The van der Waals surface area contributed by atoms with Crippen LogP contribution in [0.4, 0.5) is 5.69 Å². The van der Waals surface area contributed by atoms with Crippen molar-refractivity contribution >= 4 is 17.3 Å². The normalized spacial score (nSPS) is 28.1. The van der Waals surface area contributed by atoms with Crippen LogP contribution in [-0.4, -0.2) is 6.54 Å². The van der Waals surface area contributed by atoms with Crippen molar-refractivity contribution in [1.82, 2.24) is 0 Å². The van der Waals surface area contributed by atoms with Gasteiger partial charge in [0.25, 0.3) is 0 Å². The highest BCUT2D eigenvalue weighted by molar-refractivity contribution is 6.30. The van der Waals surface area contributed by atoms with Crippen molar-refractivity contribution in [1.29, 1.82) is 0 Å².